The van der Waals surface area contributed by atoms with Crippen LogP contribution in [0, 0.1) is 5.82 Å². The molecular weight excluding hydrogens is 399 g/mol. The van der Waals surface area contributed by atoms with Gasteiger partial charge in [0, 0.05) is 25.2 Å². The van der Waals surface area contributed by atoms with Crippen molar-refractivity contribution >= 4 is 23.6 Å². The summed E-state index contributed by atoms with van der Waals surface area (Å²) in [5, 5.41) is -0.0360. The van der Waals surface area contributed by atoms with Crippen LogP contribution in [0.3, 0.4) is 0 Å². The molecule has 2 aromatic carbocycles. The van der Waals surface area contributed by atoms with Crippen LogP contribution in [0.4, 0.5) is 4.39 Å². The number of benzene rings is 2. The topological polar surface area (TPSA) is 40.6 Å². The van der Waals surface area contributed by atoms with Gasteiger partial charge < -0.3 is 9.80 Å². The van der Waals surface area contributed by atoms with Crippen LogP contribution in [-0.2, 0) is 10.2 Å². The third kappa shape index (κ3) is 5.04. The fourth-order valence-corrected chi connectivity index (χ4v) is 4.75. The van der Waals surface area contributed by atoms with Crippen molar-refractivity contribution in [2.24, 2.45) is 0 Å². The molecule has 2 aromatic rings. The highest BCUT2D eigenvalue weighted by Crippen LogP contribution is 2.39. The Kier molecular flexibility index (Phi) is 6.86. The summed E-state index contributed by atoms with van der Waals surface area (Å²) < 4.78 is 13.2. The minimum Gasteiger partial charge on any atom is -0.337 e. The summed E-state index contributed by atoms with van der Waals surface area (Å²) in [6.45, 7) is 9.88. The first-order chi connectivity index (χ1) is 14.2. The molecule has 30 heavy (non-hydrogen) atoms. The van der Waals surface area contributed by atoms with Crippen LogP contribution in [0.5, 0.6) is 0 Å². The summed E-state index contributed by atoms with van der Waals surface area (Å²) in [5.74, 6) is 0.0247. The third-order valence-corrected chi connectivity index (χ3v) is 6.66. The van der Waals surface area contributed by atoms with E-state index in [0.29, 0.717) is 31.0 Å². The molecule has 4 nitrogen and oxygen atoms in total. The lowest BCUT2D eigenvalue weighted by Crippen LogP contribution is -2.40. The molecule has 6 heteroatoms. The van der Waals surface area contributed by atoms with E-state index in [-0.39, 0.29) is 28.4 Å². The molecule has 2 amide bonds. The lowest BCUT2D eigenvalue weighted by atomic mass is 9.87. The van der Waals surface area contributed by atoms with Crippen LogP contribution in [0.2, 0.25) is 0 Å². The highest BCUT2D eigenvalue weighted by atomic mass is 32.2. The molecule has 0 aliphatic carbocycles. The Labute approximate surface area is 182 Å². The molecule has 0 bridgehead atoms. The van der Waals surface area contributed by atoms with Crippen LogP contribution >= 0.6 is 11.8 Å². The first-order valence-electron chi connectivity index (χ1n) is 10.3. The molecule has 3 rings (SSSR count). The Balaban J connectivity index is 1.69. The number of rotatable bonds is 6. The Morgan fingerprint density at radius 2 is 1.77 bits per heavy atom. The third-order valence-electron chi connectivity index (χ3n) is 5.40. The summed E-state index contributed by atoms with van der Waals surface area (Å²) in [5.41, 5.74) is 2.90. The van der Waals surface area contributed by atoms with Gasteiger partial charge in [-0.15, -0.1) is 11.8 Å². The van der Waals surface area contributed by atoms with Gasteiger partial charge in [-0.05, 0) is 47.7 Å². The summed E-state index contributed by atoms with van der Waals surface area (Å²) >= 11 is 1.62. The number of amides is 2. The standard InChI is InChI=1S/C24H29FN2O2S/c1-5-26(22(29)17-8-12-20(25)13-9-17)14-15-27-21(28)16-30-23(27)18-6-10-19(11-7-18)24(2,3)4/h6-13,23H,5,14-16H2,1-4H3/t23-/m1/s1. The molecule has 0 saturated carbocycles. The number of likely N-dealkylation sites (N-methyl/N-ethyl adjacent to an activating group) is 1. The first kappa shape index (κ1) is 22.3. The summed E-state index contributed by atoms with van der Waals surface area (Å²) in [4.78, 5) is 28.8. The van der Waals surface area contributed by atoms with Crippen molar-refractivity contribution in [3.05, 3.63) is 71.0 Å². The van der Waals surface area contributed by atoms with Gasteiger partial charge >= 0.3 is 0 Å². The maximum atomic E-state index is 13.2. The van der Waals surface area contributed by atoms with E-state index in [9.17, 15) is 14.0 Å². The fourth-order valence-electron chi connectivity index (χ4n) is 3.53. The van der Waals surface area contributed by atoms with Gasteiger partial charge in [0.1, 0.15) is 11.2 Å². The molecular formula is C24H29FN2O2S. The number of halogens is 1. The van der Waals surface area contributed by atoms with Gasteiger partial charge in [0.25, 0.3) is 5.91 Å². The van der Waals surface area contributed by atoms with Crippen LogP contribution in [0.25, 0.3) is 0 Å². The van der Waals surface area contributed by atoms with E-state index < -0.39 is 0 Å². The van der Waals surface area contributed by atoms with Crippen molar-refractivity contribution in [3.8, 4) is 0 Å². The van der Waals surface area contributed by atoms with Gasteiger partial charge in [-0.3, -0.25) is 9.59 Å². The van der Waals surface area contributed by atoms with Gasteiger partial charge in [0.05, 0.1) is 5.75 Å². The van der Waals surface area contributed by atoms with Crippen LogP contribution in [0.1, 0.15) is 54.6 Å². The molecule has 0 unspecified atom stereocenters. The molecule has 1 aliphatic heterocycles. The summed E-state index contributed by atoms with van der Waals surface area (Å²) in [6.07, 6.45) is 0. The van der Waals surface area contributed by atoms with E-state index in [2.05, 4.69) is 45.0 Å². The van der Waals surface area contributed by atoms with E-state index in [4.69, 9.17) is 0 Å². The molecule has 0 N–H and O–H groups in total. The number of thioether (sulfide) groups is 1. The van der Waals surface area contributed by atoms with Crippen LogP contribution < -0.4 is 0 Å². The molecule has 0 spiro atoms. The van der Waals surface area contributed by atoms with Crippen molar-refractivity contribution in [2.45, 2.75) is 38.5 Å². The summed E-state index contributed by atoms with van der Waals surface area (Å²) in [7, 11) is 0. The number of hydrogen-bond acceptors (Lipinski definition) is 3. The zero-order chi connectivity index (χ0) is 21.9. The minimum absolute atomic E-state index is 0.0360. The lowest BCUT2D eigenvalue weighted by Gasteiger charge is -2.29. The molecule has 1 fully saturated rings. The van der Waals surface area contributed by atoms with E-state index in [0.717, 1.165) is 5.56 Å². The molecule has 0 aromatic heterocycles. The second-order valence-corrected chi connectivity index (χ2v) is 9.58. The molecule has 1 atom stereocenters. The SMILES string of the molecule is CCN(CCN1C(=O)CS[C@@H]1c1ccc(C(C)(C)C)cc1)C(=O)c1ccc(F)cc1. The second kappa shape index (κ2) is 9.21. The van der Waals surface area contributed by atoms with Crippen molar-refractivity contribution in [1.29, 1.82) is 0 Å². The first-order valence-corrected chi connectivity index (χ1v) is 11.3. The predicted octanol–water partition coefficient (Wildman–Crippen LogP) is 4.86. The quantitative estimate of drug-likeness (QED) is 0.660. The van der Waals surface area contributed by atoms with Crippen molar-refractivity contribution in [2.75, 3.05) is 25.4 Å². The van der Waals surface area contributed by atoms with Gasteiger partial charge in [-0.2, -0.15) is 0 Å². The molecule has 0 radical (unpaired) electrons. The number of nitrogens with zero attached hydrogens (tertiary/aromatic N) is 2. The van der Waals surface area contributed by atoms with E-state index in [1.807, 2.05) is 11.8 Å². The normalized spacial score (nSPS) is 16.8. The smallest absolute Gasteiger partial charge is 0.253 e. The van der Waals surface area contributed by atoms with Gasteiger partial charge in [0.2, 0.25) is 5.91 Å². The highest BCUT2D eigenvalue weighted by Gasteiger charge is 2.33. The Morgan fingerprint density at radius 3 is 2.33 bits per heavy atom. The van der Waals surface area contributed by atoms with E-state index in [1.54, 1.807) is 16.7 Å². The monoisotopic (exact) mass is 428 g/mol. The molecule has 160 valence electrons. The van der Waals surface area contributed by atoms with Crippen molar-refractivity contribution in [3.63, 3.8) is 0 Å². The predicted molar refractivity (Wildman–Crippen MR) is 120 cm³/mol. The largest absolute Gasteiger partial charge is 0.337 e. The average molecular weight is 429 g/mol. The maximum Gasteiger partial charge on any atom is 0.253 e. The van der Waals surface area contributed by atoms with E-state index in [1.165, 1.54) is 29.8 Å². The number of hydrogen-bond donors (Lipinski definition) is 0. The minimum atomic E-state index is -0.366. The van der Waals surface area contributed by atoms with Crippen LogP contribution in [0.15, 0.2) is 48.5 Å². The average Bonchev–Trinajstić information content (AvgIpc) is 3.09. The molecule has 1 saturated heterocycles. The zero-order valence-electron chi connectivity index (χ0n) is 18.0. The highest BCUT2D eigenvalue weighted by molar-refractivity contribution is 8.00. The maximum absolute atomic E-state index is 13.2. The van der Waals surface area contributed by atoms with Crippen molar-refractivity contribution in [1.82, 2.24) is 9.80 Å². The molecule has 1 aliphatic rings. The summed E-state index contributed by atoms with van der Waals surface area (Å²) in [6, 6.07) is 14.0. The van der Waals surface area contributed by atoms with Gasteiger partial charge in [0.15, 0.2) is 0 Å². The fraction of sp³-hybridized carbons (Fsp3) is 0.417. The Morgan fingerprint density at radius 1 is 1.13 bits per heavy atom. The number of carbonyl (C=O) groups excluding carboxylic acids is 2. The van der Waals surface area contributed by atoms with E-state index >= 15 is 0 Å². The second-order valence-electron chi connectivity index (χ2n) is 8.51. The Bertz CT molecular complexity index is 891. The van der Waals surface area contributed by atoms with Crippen LogP contribution in [-0.4, -0.2) is 47.0 Å². The van der Waals surface area contributed by atoms with Gasteiger partial charge in [-0.1, -0.05) is 45.0 Å². The number of carbonyl (C=O) groups is 2. The van der Waals surface area contributed by atoms with Gasteiger partial charge in [-0.25, -0.2) is 4.39 Å². The zero-order valence-corrected chi connectivity index (χ0v) is 18.8. The van der Waals surface area contributed by atoms with Crippen molar-refractivity contribution < 1.29 is 14.0 Å². The lowest BCUT2D eigenvalue weighted by molar-refractivity contribution is -0.128. The Hall–Kier alpha value is -2.34. The molecule has 1 heterocycles.